The van der Waals surface area contributed by atoms with Gasteiger partial charge in [-0.05, 0) is 37.6 Å². The number of ether oxygens (including phenoxy) is 1. The van der Waals surface area contributed by atoms with Crippen LogP contribution >= 0.6 is 0 Å². The van der Waals surface area contributed by atoms with Crippen molar-refractivity contribution in [3.63, 3.8) is 0 Å². The van der Waals surface area contributed by atoms with Crippen LogP contribution in [-0.2, 0) is 4.74 Å². The van der Waals surface area contributed by atoms with E-state index >= 15 is 0 Å². The molecule has 110 valence electrons. The first-order valence-corrected chi connectivity index (χ1v) is 6.74. The number of alkyl halides is 3. The molecule has 0 saturated carbocycles. The molecule has 0 fully saturated rings. The van der Waals surface area contributed by atoms with E-state index in [-0.39, 0.29) is 12.0 Å². The molecule has 0 aromatic heterocycles. The molecule has 0 amide bonds. The number of halogens is 3. The molecular weight excluding hydrogens is 243 g/mol. The third-order valence-corrected chi connectivity index (χ3v) is 3.51. The van der Waals surface area contributed by atoms with Crippen LogP contribution in [0.15, 0.2) is 0 Å². The highest BCUT2D eigenvalue weighted by atomic mass is 19.4. The highest BCUT2D eigenvalue weighted by Gasteiger charge is 2.28. The molecule has 18 heavy (non-hydrogen) atoms. The molecule has 2 nitrogen and oxygen atoms in total. The third kappa shape index (κ3) is 7.93. The Kier molecular flexibility index (Phi) is 8.61. The summed E-state index contributed by atoms with van der Waals surface area (Å²) in [5, 5.41) is 3.34. The van der Waals surface area contributed by atoms with Gasteiger partial charge in [-0.2, -0.15) is 13.2 Å². The Morgan fingerprint density at radius 3 is 2.11 bits per heavy atom. The van der Waals surface area contributed by atoms with Crippen LogP contribution in [0.4, 0.5) is 13.2 Å². The minimum Gasteiger partial charge on any atom is -0.372 e. The van der Waals surface area contributed by atoms with Gasteiger partial charge < -0.3 is 10.1 Å². The van der Waals surface area contributed by atoms with Crippen LogP contribution in [0.3, 0.4) is 0 Å². The Bertz CT molecular complexity index is 203. The van der Waals surface area contributed by atoms with Crippen molar-refractivity contribution in [2.75, 3.05) is 26.3 Å². The van der Waals surface area contributed by atoms with E-state index in [0.717, 1.165) is 32.4 Å². The van der Waals surface area contributed by atoms with Crippen molar-refractivity contribution in [1.82, 2.24) is 5.32 Å². The van der Waals surface area contributed by atoms with Crippen LogP contribution in [-0.4, -0.2) is 32.5 Å². The summed E-state index contributed by atoms with van der Waals surface area (Å²) in [7, 11) is 0. The lowest BCUT2D eigenvalue weighted by Crippen LogP contribution is -2.33. The summed E-state index contributed by atoms with van der Waals surface area (Å²) in [6.45, 7) is 7.23. The zero-order chi connectivity index (χ0) is 14.1. The highest BCUT2D eigenvalue weighted by Crippen LogP contribution is 2.31. The second-order valence-corrected chi connectivity index (χ2v) is 4.76. The molecule has 5 heteroatoms. The Balaban J connectivity index is 3.90. The van der Waals surface area contributed by atoms with E-state index in [9.17, 15) is 13.2 Å². The molecule has 0 heterocycles. The maximum absolute atomic E-state index is 11.9. The van der Waals surface area contributed by atoms with Crippen LogP contribution in [0.5, 0.6) is 0 Å². The fraction of sp³-hybridized carbons (Fsp3) is 1.00. The Hall–Kier alpha value is -0.290. The molecule has 1 N–H and O–H groups in total. The Labute approximate surface area is 108 Å². The SMILES string of the molecule is CCNCC(CC)(CC)CCCOCC(F)(F)F. The van der Waals surface area contributed by atoms with Crippen molar-refractivity contribution in [3.8, 4) is 0 Å². The lowest BCUT2D eigenvalue weighted by atomic mass is 9.78. The van der Waals surface area contributed by atoms with Gasteiger partial charge in [0, 0.05) is 13.2 Å². The molecule has 0 aliphatic heterocycles. The summed E-state index contributed by atoms with van der Waals surface area (Å²) in [5.74, 6) is 0. The average molecular weight is 269 g/mol. The second-order valence-electron chi connectivity index (χ2n) is 4.76. The van der Waals surface area contributed by atoms with Crippen molar-refractivity contribution < 1.29 is 17.9 Å². The van der Waals surface area contributed by atoms with E-state index in [1.165, 1.54) is 0 Å². The first kappa shape index (κ1) is 17.7. The molecule has 0 saturated heterocycles. The van der Waals surface area contributed by atoms with Crippen LogP contribution in [0.1, 0.15) is 46.5 Å². The lowest BCUT2D eigenvalue weighted by molar-refractivity contribution is -0.174. The molecule has 0 aromatic carbocycles. The van der Waals surface area contributed by atoms with E-state index in [0.29, 0.717) is 6.42 Å². The summed E-state index contributed by atoms with van der Waals surface area (Å²) in [4.78, 5) is 0. The number of hydrogen-bond donors (Lipinski definition) is 1. The Morgan fingerprint density at radius 2 is 1.67 bits per heavy atom. The zero-order valence-electron chi connectivity index (χ0n) is 11.7. The minimum atomic E-state index is -4.21. The first-order valence-electron chi connectivity index (χ1n) is 6.74. The van der Waals surface area contributed by atoms with Crippen LogP contribution in [0, 0.1) is 5.41 Å². The van der Waals surface area contributed by atoms with E-state index in [4.69, 9.17) is 0 Å². The molecule has 0 atom stereocenters. The van der Waals surface area contributed by atoms with Crippen molar-refractivity contribution in [2.24, 2.45) is 5.41 Å². The molecule has 0 rings (SSSR count). The quantitative estimate of drug-likeness (QED) is 0.610. The van der Waals surface area contributed by atoms with Gasteiger partial charge >= 0.3 is 6.18 Å². The summed E-state index contributed by atoms with van der Waals surface area (Å²) in [6.07, 6.45) is -0.546. The van der Waals surface area contributed by atoms with Gasteiger partial charge in [0.25, 0.3) is 0 Å². The molecule has 0 aromatic rings. The van der Waals surface area contributed by atoms with Crippen molar-refractivity contribution in [3.05, 3.63) is 0 Å². The molecule has 0 aliphatic carbocycles. The predicted molar refractivity (Wildman–Crippen MR) is 67.7 cm³/mol. The van der Waals surface area contributed by atoms with E-state index in [1.54, 1.807) is 0 Å². The molecule has 0 unspecified atom stereocenters. The van der Waals surface area contributed by atoms with Crippen molar-refractivity contribution in [1.29, 1.82) is 0 Å². The van der Waals surface area contributed by atoms with Crippen LogP contribution in [0.25, 0.3) is 0 Å². The molecule has 0 bridgehead atoms. The van der Waals surface area contributed by atoms with Gasteiger partial charge in [0.05, 0.1) is 0 Å². The fourth-order valence-electron chi connectivity index (χ4n) is 2.07. The monoisotopic (exact) mass is 269 g/mol. The Morgan fingerprint density at radius 1 is 1.06 bits per heavy atom. The van der Waals surface area contributed by atoms with Gasteiger partial charge in [0.1, 0.15) is 6.61 Å². The highest BCUT2D eigenvalue weighted by molar-refractivity contribution is 4.78. The van der Waals surface area contributed by atoms with Gasteiger partial charge in [-0.25, -0.2) is 0 Å². The summed E-state index contributed by atoms with van der Waals surface area (Å²) >= 11 is 0. The number of nitrogens with one attached hydrogen (secondary N) is 1. The van der Waals surface area contributed by atoms with Gasteiger partial charge in [-0.3, -0.25) is 0 Å². The van der Waals surface area contributed by atoms with Gasteiger partial charge in [-0.1, -0.05) is 20.8 Å². The van der Waals surface area contributed by atoms with Crippen molar-refractivity contribution in [2.45, 2.75) is 52.6 Å². The summed E-state index contributed by atoms with van der Waals surface area (Å²) < 4.78 is 40.3. The third-order valence-electron chi connectivity index (χ3n) is 3.51. The predicted octanol–water partition coefficient (Wildman–Crippen LogP) is 3.76. The molecule has 0 aliphatic rings. The van der Waals surface area contributed by atoms with Gasteiger partial charge in [0.15, 0.2) is 0 Å². The summed E-state index contributed by atoms with van der Waals surface area (Å²) in [6, 6.07) is 0. The van der Waals surface area contributed by atoms with Crippen LogP contribution in [0.2, 0.25) is 0 Å². The standard InChI is InChI=1S/C13H26F3NO/c1-4-12(5-2,10-17-6-3)8-7-9-18-11-13(14,15)16/h17H,4-11H2,1-3H3. The number of rotatable bonds is 10. The van der Waals surface area contributed by atoms with Gasteiger partial charge in [-0.15, -0.1) is 0 Å². The zero-order valence-corrected chi connectivity index (χ0v) is 11.7. The molecular formula is C13H26F3NO. The normalized spacial score (nSPS) is 13.0. The maximum atomic E-state index is 11.9. The van der Waals surface area contributed by atoms with Crippen LogP contribution < -0.4 is 5.32 Å². The smallest absolute Gasteiger partial charge is 0.372 e. The fourth-order valence-corrected chi connectivity index (χ4v) is 2.07. The second kappa shape index (κ2) is 8.75. The van der Waals surface area contributed by atoms with E-state index in [2.05, 4.69) is 30.8 Å². The van der Waals surface area contributed by atoms with E-state index in [1.807, 2.05) is 0 Å². The molecule has 0 spiro atoms. The minimum absolute atomic E-state index is 0.188. The van der Waals surface area contributed by atoms with Gasteiger partial charge in [0.2, 0.25) is 0 Å². The topological polar surface area (TPSA) is 21.3 Å². The van der Waals surface area contributed by atoms with E-state index < -0.39 is 12.8 Å². The molecule has 0 radical (unpaired) electrons. The largest absolute Gasteiger partial charge is 0.411 e. The summed E-state index contributed by atoms with van der Waals surface area (Å²) in [5.41, 5.74) is 0.192. The average Bonchev–Trinajstić information content (AvgIpc) is 2.32. The first-order chi connectivity index (χ1) is 8.39. The lowest BCUT2D eigenvalue weighted by Gasteiger charge is -2.32. The number of hydrogen-bond acceptors (Lipinski definition) is 2. The maximum Gasteiger partial charge on any atom is 0.411 e. The van der Waals surface area contributed by atoms with Crippen molar-refractivity contribution >= 4 is 0 Å².